The molecule has 0 spiro atoms. The summed E-state index contributed by atoms with van der Waals surface area (Å²) in [5, 5.41) is 4.69. The highest BCUT2D eigenvalue weighted by Gasteiger charge is 2.09. The van der Waals surface area contributed by atoms with Crippen molar-refractivity contribution in [3.05, 3.63) is 54.2 Å². The second-order valence-corrected chi connectivity index (χ2v) is 4.36. The van der Waals surface area contributed by atoms with E-state index in [0.717, 1.165) is 11.1 Å². The van der Waals surface area contributed by atoms with E-state index in [9.17, 15) is 0 Å². The third-order valence-electron chi connectivity index (χ3n) is 2.72. The molecular weight excluding hydrogens is 262 g/mol. The quantitative estimate of drug-likeness (QED) is 0.727. The fraction of sp³-hybridized carbons (Fsp3) is 0. The number of hydrogen-bond acceptors (Lipinski definition) is 4. The van der Waals surface area contributed by atoms with Crippen molar-refractivity contribution < 1.29 is 0 Å². The Hall–Kier alpha value is -2.40. The van der Waals surface area contributed by atoms with Crippen molar-refractivity contribution in [2.24, 2.45) is 0 Å². The van der Waals surface area contributed by atoms with Crippen LogP contribution in [0.5, 0.6) is 0 Å². The zero-order valence-electron chi connectivity index (χ0n) is 9.86. The summed E-state index contributed by atoms with van der Waals surface area (Å²) < 4.78 is 1.60. The monoisotopic (exact) mass is 271 g/mol. The number of nitrogens with zero attached hydrogens (tertiary/aromatic N) is 4. The van der Waals surface area contributed by atoms with Crippen molar-refractivity contribution in [2.75, 3.05) is 5.73 Å². The van der Waals surface area contributed by atoms with Gasteiger partial charge in [-0.3, -0.25) is 0 Å². The Kier molecular flexibility index (Phi) is 2.89. The number of rotatable bonds is 2. The number of aromatic nitrogens is 4. The van der Waals surface area contributed by atoms with Crippen LogP contribution in [0.25, 0.3) is 16.9 Å². The number of benzene rings is 1. The largest absolute Gasteiger partial charge is 0.398 e. The average Bonchev–Trinajstić information content (AvgIpc) is 2.89. The lowest BCUT2D eigenvalue weighted by molar-refractivity contribution is 0.840. The molecular formula is C13H10ClN5. The SMILES string of the molecule is Nc1ccccc1-c1cnn(-c2ncncc2Cl)c1. The highest BCUT2D eigenvalue weighted by atomic mass is 35.5. The van der Waals surface area contributed by atoms with Gasteiger partial charge < -0.3 is 5.73 Å². The van der Waals surface area contributed by atoms with E-state index < -0.39 is 0 Å². The molecule has 3 rings (SSSR count). The summed E-state index contributed by atoms with van der Waals surface area (Å²) in [7, 11) is 0. The molecule has 0 amide bonds. The zero-order valence-corrected chi connectivity index (χ0v) is 10.6. The van der Waals surface area contributed by atoms with Gasteiger partial charge in [-0.05, 0) is 6.07 Å². The van der Waals surface area contributed by atoms with Crippen molar-refractivity contribution >= 4 is 17.3 Å². The average molecular weight is 272 g/mol. The molecule has 2 heterocycles. The molecule has 0 aliphatic carbocycles. The van der Waals surface area contributed by atoms with E-state index in [0.29, 0.717) is 16.5 Å². The highest BCUT2D eigenvalue weighted by Crippen LogP contribution is 2.26. The Labute approximate surface area is 114 Å². The molecule has 0 bridgehead atoms. The van der Waals surface area contributed by atoms with Gasteiger partial charge in [0, 0.05) is 23.0 Å². The van der Waals surface area contributed by atoms with Crippen LogP contribution in [0.2, 0.25) is 5.02 Å². The molecule has 19 heavy (non-hydrogen) atoms. The zero-order chi connectivity index (χ0) is 13.2. The molecule has 94 valence electrons. The molecule has 1 aromatic carbocycles. The van der Waals surface area contributed by atoms with E-state index in [1.165, 1.54) is 12.5 Å². The predicted octanol–water partition coefficient (Wildman–Crippen LogP) is 2.56. The Morgan fingerprint density at radius 3 is 2.79 bits per heavy atom. The van der Waals surface area contributed by atoms with Crippen LogP contribution in [0.4, 0.5) is 5.69 Å². The van der Waals surface area contributed by atoms with Crippen molar-refractivity contribution in [1.29, 1.82) is 0 Å². The molecule has 0 aliphatic heterocycles. The first kappa shape index (κ1) is 11.7. The van der Waals surface area contributed by atoms with Gasteiger partial charge in [0.2, 0.25) is 0 Å². The van der Waals surface area contributed by atoms with Gasteiger partial charge in [0.1, 0.15) is 11.3 Å². The van der Waals surface area contributed by atoms with Crippen molar-refractivity contribution in [3.8, 4) is 16.9 Å². The molecule has 6 heteroatoms. The summed E-state index contributed by atoms with van der Waals surface area (Å²) in [6, 6.07) is 7.62. The van der Waals surface area contributed by atoms with Gasteiger partial charge in [-0.2, -0.15) is 5.10 Å². The topological polar surface area (TPSA) is 69.6 Å². The van der Waals surface area contributed by atoms with Crippen LogP contribution in [0, 0.1) is 0 Å². The van der Waals surface area contributed by atoms with Crippen molar-refractivity contribution in [2.45, 2.75) is 0 Å². The molecule has 3 aromatic rings. The Morgan fingerprint density at radius 2 is 2.00 bits per heavy atom. The normalized spacial score (nSPS) is 10.6. The number of nitrogen functional groups attached to an aromatic ring is 1. The lowest BCUT2D eigenvalue weighted by Crippen LogP contribution is -1.98. The highest BCUT2D eigenvalue weighted by molar-refractivity contribution is 6.32. The third kappa shape index (κ3) is 2.15. The molecule has 0 unspecified atom stereocenters. The van der Waals surface area contributed by atoms with Crippen LogP contribution < -0.4 is 5.73 Å². The van der Waals surface area contributed by atoms with Crippen LogP contribution in [-0.4, -0.2) is 19.7 Å². The van der Waals surface area contributed by atoms with Gasteiger partial charge in [-0.25, -0.2) is 14.6 Å². The van der Waals surface area contributed by atoms with Crippen LogP contribution in [0.3, 0.4) is 0 Å². The maximum absolute atomic E-state index is 6.03. The predicted molar refractivity (Wildman–Crippen MR) is 74.0 cm³/mol. The second-order valence-electron chi connectivity index (χ2n) is 3.96. The maximum Gasteiger partial charge on any atom is 0.175 e. The third-order valence-corrected chi connectivity index (χ3v) is 2.99. The smallest absolute Gasteiger partial charge is 0.175 e. The van der Waals surface area contributed by atoms with Crippen LogP contribution >= 0.6 is 11.6 Å². The lowest BCUT2D eigenvalue weighted by atomic mass is 10.1. The Bertz CT molecular complexity index is 662. The van der Waals surface area contributed by atoms with Crippen LogP contribution in [0.1, 0.15) is 0 Å². The molecule has 0 fully saturated rings. The Morgan fingerprint density at radius 1 is 1.16 bits per heavy atom. The minimum absolute atomic E-state index is 0.443. The molecule has 0 atom stereocenters. The first-order valence-corrected chi connectivity index (χ1v) is 5.99. The van der Waals surface area contributed by atoms with Crippen LogP contribution in [0.15, 0.2) is 49.2 Å². The van der Waals surface area contributed by atoms with E-state index in [4.69, 9.17) is 17.3 Å². The van der Waals surface area contributed by atoms with Gasteiger partial charge in [0.25, 0.3) is 0 Å². The number of halogens is 1. The van der Waals surface area contributed by atoms with Crippen molar-refractivity contribution in [1.82, 2.24) is 19.7 Å². The van der Waals surface area contributed by atoms with Gasteiger partial charge in [-0.15, -0.1) is 0 Å². The summed E-state index contributed by atoms with van der Waals surface area (Å²) >= 11 is 6.03. The number of hydrogen-bond donors (Lipinski definition) is 1. The molecule has 0 saturated heterocycles. The summed E-state index contributed by atoms with van der Waals surface area (Å²) in [5.41, 5.74) is 8.49. The molecule has 0 aliphatic rings. The molecule has 5 nitrogen and oxygen atoms in total. The fourth-order valence-electron chi connectivity index (χ4n) is 1.81. The van der Waals surface area contributed by atoms with Gasteiger partial charge in [0.05, 0.1) is 12.4 Å². The van der Waals surface area contributed by atoms with E-state index in [1.54, 1.807) is 10.9 Å². The summed E-state index contributed by atoms with van der Waals surface area (Å²) in [6.07, 6.45) is 6.52. The van der Waals surface area contributed by atoms with Gasteiger partial charge in [0.15, 0.2) is 5.82 Å². The first-order valence-electron chi connectivity index (χ1n) is 5.61. The summed E-state index contributed by atoms with van der Waals surface area (Å²) in [4.78, 5) is 7.95. The van der Waals surface area contributed by atoms with E-state index >= 15 is 0 Å². The Balaban J connectivity index is 2.06. The molecule has 0 saturated carbocycles. The standard InChI is InChI=1S/C13H10ClN5/c14-11-6-16-8-17-13(11)19-7-9(5-18-19)10-3-1-2-4-12(10)15/h1-8H,15H2. The maximum atomic E-state index is 6.03. The number of nitrogens with two attached hydrogens (primary N) is 1. The second kappa shape index (κ2) is 4.70. The molecule has 2 aromatic heterocycles. The lowest BCUT2D eigenvalue weighted by Gasteiger charge is -2.02. The van der Waals surface area contributed by atoms with E-state index in [1.807, 2.05) is 30.5 Å². The first-order chi connectivity index (χ1) is 9.25. The number of para-hydroxylation sites is 1. The minimum Gasteiger partial charge on any atom is -0.398 e. The van der Waals surface area contributed by atoms with E-state index in [2.05, 4.69) is 15.1 Å². The number of anilines is 1. The van der Waals surface area contributed by atoms with Crippen molar-refractivity contribution in [3.63, 3.8) is 0 Å². The van der Waals surface area contributed by atoms with Gasteiger partial charge >= 0.3 is 0 Å². The fourth-order valence-corrected chi connectivity index (χ4v) is 2.00. The molecule has 0 radical (unpaired) electrons. The van der Waals surface area contributed by atoms with Gasteiger partial charge in [-0.1, -0.05) is 29.8 Å². The summed E-state index contributed by atoms with van der Waals surface area (Å²) in [6.45, 7) is 0. The van der Waals surface area contributed by atoms with E-state index in [-0.39, 0.29) is 0 Å². The minimum atomic E-state index is 0.443. The van der Waals surface area contributed by atoms with Crippen LogP contribution in [-0.2, 0) is 0 Å². The summed E-state index contributed by atoms with van der Waals surface area (Å²) in [5.74, 6) is 0.539. The molecule has 2 N–H and O–H groups in total.